The third-order valence-corrected chi connectivity index (χ3v) is 4.47. The smallest absolute Gasteiger partial charge is 0.180 e. The Kier molecular flexibility index (Phi) is 5.26. The van der Waals surface area contributed by atoms with Crippen LogP contribution in [0.15, 0.2) is 54.9 Å². The summed E-state index contributed by atoms with van der Waals surface area (Å²) in [5.41, 5.74) is 2.24. The highest BCUT2D eigenvalue weighted by Gasteiger charge is 2.36. The Hall–Kier alpha value is -1.91. The second-order valence-electron chi connectivity index (χ2n) is 6.10. The largest absolute Gasteiger partial charge is 0.619 e. The van der Waals surface area contributed by atoms with Crippen molar-refractivity contribution in [2.45, 2.75) is 44.0 Å². The molecule has 3 heterocycles. The Morgan fingerprint density at radius 3 is 2.22 bits per heavy atom. The lowest BCUT2D eigenvalue weighted by Gasteiger charge is -2.23. The molecule has 3 atom stereocenters. The van der Waals surface area contributed by atoms with E-state index in [0.29, 0.717) is 12.2 Å². The average Bonchev–Trinajstić information content (AvgIpc) is 3.21. The summed E-state index contributed by atoms with van der Waals surface area (Å²) in [4.78, 5) is 0. The summed E-state index contributed by atoms with van der Waals surface area (Å²) in [6.07, 6.45) is 9.22. The molecule has 0 spiro atoms. The van der Waals surface area contributed by atoms with Gasteiger partial charge in [0, 0.05) is 25.7 Å². The number of methoxy groups -OCH3 is 1. The van der Waals surface area contributed by atoms with Gasteiger partial charge in [0.25, 0.3) is 0 Å². The van der Waals surface area contributed by atoms with Gasteiger partial charge in [-0.15, -0.1) is 0 Å². The summed E-state index contributed by atoms with van der Waals surface area (Å²) >= 11 is 0. The minimum atomic E-state index is 0.0266. The minimum absolute atomic E-state index is 0.0266. The van der Waals surface area contributed by atoms with Crippen LogP contribution in [0.3, 0.4) is 0 Å². The molecule has 3 unspecified atom stereocenters. The first-order chi connectivity index (χ1) is 11.2. The third-order valence-electron chi connectivity index (χ3n) is 4.47. The Balaban J connectivity index is 0.000000213. The number of pyridine rings is 1. The molecule has 0 radical (unpaired) electrons. The second kappa shape index (κ2) is 7.57. The fourth-order valence-electron chi connectivity index (χ4n) is 3.10. The molecular weight excluding hydrogens is 290 g/mol. The molecule has 0 N–H and O–H groups in total. The van der Waals surface area contributed by atoms with E-state index in [1.54, 1.807) is 7.11 Å². The van der Waals surface area contributed by atoms with Gasteiger partial charge in [0.2, 0.25) is 0 Å². The molecule has 1 aromatic carbocycles. The molecule has 2 saturated heterocycles. The molecule has 3 fully saturated rings. The van der Waals surface area contributed by atoms with Crippen molar-refractivity contribution in [2.24, 2.45) is 0 Å². The van der Waals surface area contributed by atoms with E-state index in [2.05, 4.69) is 0 Å². The predicted molar refractivity (Wildman–Crippen MR) is 87.8 cm³/mol. The fourth-order valence-corrected chi connectivity index (χ4v) is 3.10. The number of benzene rings is 1. The molecule has 4 nitrogen and oxygen atoms in total. The zero-order valence-corrected chi connectivity index (χ0v) is 13.4. The molecule has 2 aromatic rings. The predicted octanol–water partition coefficient (Wildman–Crippen LogP) is 3.19. The summed E-state index contributed by atoms with van der Waals surface area (Å²) in [5, 5.41) is 10.9. The van der Waals surface area contributed by atoms with Gasteiger partial charge in [0.05, 0.1) is 18.3 Å². The van der Waals surface area contributed by atoms with E-state index in [9.17, 15) is 5.21 Å². The van der Waals surface area contributed by atoms with Crippen molar-refractivity contribution >= 4 is 0 Å². The highest BCUT2D eigenvalue weighted by atomic mass is 16.5. The van der Waals surface area contributed by atoms with Crippen LogP contribution in [-0.4, -0.2) is 19.3 Å². The van der Waals surface area contributed by atoms with E-state index < -0.39 is 0 Å². The molecule has 3 aliphatic rings. The van der Waals surface area contributed by atoms with Gasteiger partial charge in [-0.05, 0) is 30.4 Å². The van der Waals surface area contributed by atoms with Crippen LogP contribution in [0.5, 0.6) is 0 Å². The molecule has 23 heavy (non-hydrogen) atoms. The van der Waals surface area contributed by atoms with Gasteiger partial charge < -0.3 is 14.7 Å². The number of rotatable bonds is 4. The summed E-state index contributed by atoms with van der Waals surface area (Å²) in [6.45, 7) is 0. The first-order valence-electron chi connectivity index (χ1n) is 8.15. The van der Waals surface area contributed by atoms with Crippen molar-refractivity contribution in [3.63, 3.8) is 0 Å². The zero-order valence-electron chi connectivity index (χ0n) is 13.4. The van der Waals surface area contributed by atoms with Crippen LogP contribution in [0.4, 0.5) is 0 Å². The number of aromatic nitrogens is 1. The van der Waals surface area contributed by atoms with Gasteiger partial charge in [-0.1, -0.05) is 30.3 Å². The molecule has 1 aliphatic carbocycles. The Morgan fingerprint density at radius 2 is 1.74 bits per heavy atom. The highest BCUT2D eigenvalue weighted by molar-refractivity contribution is 5.20. The summed E-state index contributed by atoms with van der Waals surface area (Å²) in [7, 11) is 1.70. The maximum Gasteiger partial charge on any atom is 0.180 e. The lowest BCUT2D eigenvalue weighted by Crippen LogP contribution is -2.25. The van der Waals surface area contributed by atoms with E-state index in [4.69, 9.17) is 9.47 Å². The Labute approximate surface area is 137 Å². The highest BCUT2D eigenvalue weighted by Crippen LogP contribution is 2.36. The molecule has 1 saturated carbocycles. The van der Waals surface area contributed by atoms with Crippen LogP contribution in [0.25, 0.3) is 0 Å². The first-order valence-corrected chi connectivity index (χ1v) is 8.15. The number of ether oxygens (including phenoxy) is 2. The van der Waals surface area contributed by atoms with Gasteiger partial charge in [0.1, 0.15) is 0 Å². The second-order valence-corrected chi connectivity index (χ2v) is 6.10. The van der Waals surface area contributed by atoms with Crippen molar-refractivity contribution < 1.29 is 14.2 Å². The van der Waals surface area contributed by atoms with Gasteiger partial charge in [-0.25, -0.2) is 0 Å². The Bertz CT molecular complexity index is 580. The quantitative estimate of drug-likeness (QED) is 0.643. The van der Waals surface area contributed by atoms with E-state index in [1.165, 1.54) is 31.7 Å². The fraction of sp³-hybridized carbons (Fsp3) is 0.421. The van der Waals surface area contributed by atoms with Gasteiger partial charge >= 0.3 is 0 Å². The van der Waals surface area contributed by atoms with Crippen molar-refractivity contribution in [3.8, 4) is 0 Å². The lowest BCUT2D eigenvalue weighted by molar-refractivity contribution is -0.605. The van der Waals surface area contributed by atoms with Crippen LogP contribution < -0.4 is 4.73 Å². The van der Waals surface area contributed by atoms with Crippen molar-refractivity contribution in [2.75, 3.05) is 7.11 Å². The van der Waals surface area contributed by atoms with E-state index in [1.807, 2.05) is 42.5 Å². The molecular formula is C19H23NO3. The molecule has 0 amide bonds. The van der Waals surface area contributed by atoms with Gasteiger partial charge in [0.15, 0.2) is 12.4 Å². The number of nitrogens with zero attached hydrogens (tertiary/aromatic N) is 1. The molecule has 2 aliphatic heterocycles. The van der Waals surface area contributed by atoms with Crippen molar-refractivity contribution in [3.05, 3.63) is 71.2 Å². The summed E-state index contributed by atoms with van der Waals surface area (Å²) in [6, 6.07) is 13.7. The topological polar surface area (TPSA) is 45.4 Å². The third kappa shape index (κ3) is 4.30. The Morgan fingerprint density at radius 1 is 1.13 bits per heavy atom. The normalized spacial score (nSPS) is 22.7. The minimum Gasteiger partial charge on any atom is -0.619 e. The van der Waals surface area contributed by atoms with Crippen LogP contribution >= 0.6 is 0 Å². The van der Waals surface area contributed by atoms with Crippen LogP contribution in [0.2, 0.25) is 0 Å². The monoisotopic (exact) mass is 313 g/mol. The van der Waals surface area contributed by atoms with E-state index in [-0.39, 0.29) is 6.10 Å². The molecule has 2 bridgehead atoms. The van der Waals surface area contributed by atoms with Gasteiger partial charge in [-0.2, -0.15) is 4.73 Å². The zero-order chi connectivity index (χ0) is 16.1. The average molecular weight is 313 g/mol. The number of hydrogen-bond acceptors (Lipinski definition) is 3. The maximum absolute atomic E-state index is 10.9. The van der Waals surface area contributed by atoms with E-state index >= 15 is 0 Å². The van der Waals surface area contributed by atoms with Crippen molar-refractivity contribution in [1.82, 2.24) is 0 Å². The molecule has 5 rings (SSSR count). The van der Waals surface area contributed by atoms with Crippen molar-refractivity contribution in [1.29, 1.82) is 0 Å². The SMILES string of the molecule is C1CC2CC1O2.COC(Cc1cc[n+]([O-])cc1)c1ccccc1. The number of hydrogen-bond donors (Lipinski definition) is 0. The number of fused-ring (bicyclic) bond motifs is 1. The van der Waals surface area contributed by atoms with E-state index in [0.717, 1.165) is 22.3 Å². The molecule has 1 aromatic heterocycles. The summed E-state index contributed by atoms with van der Waals surface area (Å²) in [5.74, 6) is 0. The lowest BCUT2D eigenvalue weighted by atomic mass is 10.0. The van der Waals surface area contributed by atoms with Gasteiger partial charge in [-0.3, -0.25) is 0 Å². The standard InChI is InChI=1S/C14H15NO2.C5H8O/c1-17-14(13-5-3-2-4-6-13)11-12-7-9-15(16)10-8-12;1-2-5-3-4(1)6-5/h2-10,14H,11H2,1H3;4-5H,1-3H2. The molecule has 4 heteroatoms. The first kappa shape index (κ1) is 16.0. The van der Waals surface area contributed by atoms with Crippen LogP contribution in [0.1, 0.15) is 36.5 Å². The maximum atomic E-state index is 10.9. The summed E-state index contributed by atoms with van der Waals surface area (Å²) < 4.78 is 11.5. The van der Waals surface area contributed by atoms with Crippen LogP contribution in [0, 0.1) is 5.21 Å². The van der Waals surface area contributed by atoms with Crippen LogP contribution in [-0.2, 0) is 15.9 Å². The molecule has 122 valence electrons.